The fourth-order valence-corrected chi connectivity index (χ4v) is 9.45. The van der Waals surface area contributed by atoms with Crippen LogP contribution in [0.1, 0.15) is 238 Å². The Labute approximate surface area is 459 Å². The number of hydrogen-bond donors (Lipinski definition) is 0. The number of unbranched alkanes of at least 4 members (excludes halogenated alkanes) is 4. The molecule has 0 N–H and O–H groups in total. The van der Waals surface area contributed by atoms with Gasteiger partial charge in [-0.15, -0.1) is 12.8 Å². The van der Waals surface area contributed by atoms with Gasteiger partial charge in [0.1, 0.15) is 34.5 Å². The topological polar surface area (TPSA) is 55.4 Å². The molecule has 3 aromatic carbocycles. The van der Waals surface area contributed by atoms with Crippen molar-refractivity contribution in [3.05, 3.63) is 69.8 Å². The summed E-state index contributed by atoms with van der Waals surface area (Å²) in [6.07, 6.45) is 43.6. The Balaban J connectivity index is 2.23. The Morgan fingerprint density at radius 1 is 0.400 bits per heavy atom. The molecular weight excluding hydrogens is 925 g/mol. The summed E-state index contributed by atoms with van der Waals surface area (Å²) in [6, 6.07) is 12.3. The zero-order valence-corrected chi connectivity index (χ0v) is 49.5. The fourth-order valence-electron chi connectivity index (χ4n) is 9.45. The second-order valence-electron chi connectivity index (χ2n) is 21.8. The van der Waals surface area contributed by atoms with Crippen molar-refractivity contribution in [3.63, 3.8) is 0 Å². The predicted octanol–water partition coefficient (Wildman–Crippen LogP) is 19.6. The molecule has 0 aromatic heterocycles. The normalized spacial score (nSPS) is 13.6. The zero-order chi connectivity index (χ0) is 54.8. The molecule has 0 fully saturated rings. The number of benzene rings is 3. The number of rotatable bonds is 41. The third-order valence-electron chi connectivity index (χ3n) is 15.2. The minimum atomic E-state index is 0.452. The van der Waals surface area contributed by atoms with E-state index in [4.69, 9.17) is 41.3 Å². The molecular formula is C69H104O6. The molecule has 0 saturated carbocycles. The molecule has 0 bridgehead atoms. The van der Waals surface area contributed by atoms with Gasteiger partial charge in [0.05, 0.1) is 51.3 Å². The van der Waals surface area contributed by atoms with E-state index in [1.54, 1.807) is 7.11 Å². The maximum atomic E-state index is 6.83. The molecule has 0 saturated heterocycles. The van der Waals surface area contributed by atoms with E-state index in [9.17, 15) is 0 Å². The highest BCUT2D eigenvalue weighted by molar-refractivity contribution is 5.81. The van der Waals surface area contributed by atoms with E-state index in [0.29, 0.717) is 91.2 Å². The highest BCUT2D eigenvalue weighted by atomic mass is 16.5. The summed E-state index contributed by atoms with van der Waals surface area (Å²) >= 11 is 0. The van der Waals surface area contributed by atoms with Crippen LogP contribution in [-0.4, -0.2) is 40.1 Å². The van der Waals surface area contributed by atoms with Gasteiger partial charge in [0.25, 0.3) is 0 Å². The third-order valence-corrected chi connectivity index (χ3v) is 15.2. The van der Waals surface area contributed by atoms with Crippen molar-refractivity contribution in [1.29, 1.82) is 0 Å². The van der Waals surface area contributed by atoms with Crippen molar-refractivity contribution in [2.75, 3.05) is 40.1 Å². The second-order valence-corrected chi connectivity index (χ2v) is 21.8. The van der Waals surface area contributed by atoms with Gasteiger partial charge in [0, 0.05) is 34.4 Å². The summed E-state index contributed by atoms with van der Waals surface area (Å²) in [5.41, 5.74) is 5.00. The van der Waals surface area contributed by atoms with E-state index in [-0.39, 0.29) is 0 Å². The third kappa shape index (κ3) is 23.5. The molecule has 6 heteroatoms. The molecule has 0 aliphatic rings. The summed E-state index contributed by atoms with van der Waals surface area (Å²) < 4.78 is 39.6. The molecule has 0 amide bonds. The molecule has 3 rings (SSSR count). The van der Waals surface area contributed by atoms with Crippen molar-refractivity contribution in [2.45, 2.75) is 205 Å². The quantitative estimate of drug-likeness (QED) is 0.0417. The van der Waals surface area contributed by atoms with Gasteiger partial charge in [0.2, 0.25) is 0 Å². The molecule has 5 atom stereocenters. The number of hydrogen-bond acceptors (Lipinski definition) is 6. The van der Waals surface area contributed by atoms with Crippen molar-refractivity contribution in [2.24, 2.45) is 35.5 Å². The van der Waals surface area contributed by atoms with Crippen molar-refractivity contribution < 1.29 is 28.4 Å². The van der Waals surface area contributed by atoms with Gasteiger partial charge in [-0.3, -0.25) is 0 Å². The summed E-state index contributed by atoms with van der Waals surface area (Å²) in [7, 11) is 1.73. The van der Waals surface area contributed by atoms with E-state index in [1.165, 1.54) is 57.8 Å². The summed E-state index contributed by atoms with van der Waals surface area (Å²) in [4.78, 5) is 0. The molecule has 5 unspecified atom stereocenters. The smallest absolute Gasteiger partial charge is 0.135 e. The highest BCUT2D eigenvalue weighted by Gasteiger charge is 2.19. The van der Waals surface area contributed by atoms with Crippen molar-refractivity contribution in [1.82, 2.24) is 0 Å². The average Bonchev–Trinajstić information content (AvgIpc) is 3.42. The highest BCUT2D eigenvalue weighted by Crippen LogP contribution is 2.37. The largest absolute Gasteiger partial charge is 0.496 e. The summed E-state index contributed by atoms with van der Waals surface area (Å²) in [5, 5.41) is 0. The van der Waals surface area contributed by atoms with E-state index in [1.807, 2.05) is 12.1 Å². The Bertz CT molecular complexity index is 2180. The lowest BCUT2D eigenvalue weighted by molar-refractivity contribution is 0.227. The second kappa shape index (κ2) is 37.7. The average molecular weight is 1030 g/mol. The van der Waals surface area contributed by atoms with Crippen LogP contribution in [0.4, 0.5) is 0 Å². The van der Waals surface area contributed by atoms with Gasteiger partial charge in [0.15, 0.2) is 0 Å². The monoisotopic (exact) mass is 1030 g/mol. The minimum Gasteiger partial charge on any atom is -0.496 e. The molecule has 0 spiro atoms. The molecule has 0 aliphatic carbocycles. The van der Waals surface area contributed by atoms with Crippen molar-refractivity contribution >= 4 is 24.3 Å². The van der Waals surface area contributed by atoms with Gasteiger partial charge in [-0.25, -0.2) is 0 Å². The van der Waals surface area contributed by atoms with Crippen LogP contribution in [0.2, 0.25) is 0 Å². The van der Waals surface area contributed by atoms with E-state index < -0.39 is 0 Å². The van der Waals surface area contributed by atoms with Crippen molar-refractivity contribution in [3.8, 4) is 59.2 Å². The molecule has 3 aromatic rings. The van der Waals surface area contributed by atoms with Crippen LogP contribution in [0.25, 0.3) is 24.3 Å². The first-order chi connectivity index (χ1) is 36.4. The zero-order valence-electron chi connectivity index (χ0n) is 49.5. The van der Waals surface area contributed by atoms with Gasteiger partial charge in [-0.05, 0) is 91.9 Å². The van der Waals surface area contributed by atoms with Crippen LogP contribution in [0.5, 0.6) is 34.5 Å². The molecule has 416 valence electrons. The van der Waals surface area contributed by atoms with Gasteiger partial charge in [-0.1, -0.05) is 209 Å². The van der Waals surface area contributed by atoms with Crippen LogP contribution in [0.3, 0.4) is 0 Å². The minimum absolute atomic E-state index is 0.452. The maximum Gasteiger partial charge on any atom is 0.135 e. The Morgan fingerprint density at radius 3 is 1.07 bits per heavy atom. The first-order valence-corrected chi connectivity index (χ1v) is 30.0. The number of methoxy groups -OCH3 is 1. The van der Waals surface area contributed by atoms with E-state index in [2.05, 4.69) is 137 Å². The standard InChI is InChI=1S/C69H104O6/c1-15-25-32-54(19-5)48-72-65-46-62(68(42-58(65)23-9)74-50-56(21-7)34-27-17-3)37-36-60-45-67(71-41-40-53(13)31-29-30-52(11)12)61(44-64(60)70-14)38-39-63-47-66(73-49-55(20-6)33-26-16-2)59(24-10)43-69(63)75-51-57(22-8)35-28-18-4/h9-10,36-39,42-47,52-57H,15-22,25-35,40-41,48-51H2,1-8,11-14H3/b37-36+,39-38+. The lowest BCUT2D eigenvalue weighted by Crippen LogP contribution is -2.13. The first kappa shape index (κ1) is 64.3. The van der Waals surface area contributed by atoms with Gasteiger partial charge < -0.3 is 28.4 Å². The molecule has 0 heterocycles. The number of ether oxygens (including phenoxy) is 6. The lowest BCUT2D eigenvalue weighted by atomic mass is 9.97. The molecule has 0 radical (unpaired) electrons. The molecule has 0 aliphatic heterocycles. The Morgan fingerprint density at radius 2 is 0.733 bits per heavy atom. The van der Waals surface area contributed by atoms with E-state index >= 15 is 0 Å². The molecule has 75 heavy (non-hydrogen) atoms. The first-order valence-electron chi connectivity index (χ1n) is 30.0. The van der Waals surface area contributed by atoms with E-state index in [0.717, 1.165) is 116 Å². The van der Waals surface area contributed by atoms with Gasteiger partial charge in [-0.2, -0.15) is 0 Å². The fraction of sp³-hybridized carbons (Fsp3) is 0.623. The molecule has 6 nitrogen and oxygen atoms in total. The van der Waals surface area contributed by atoms with Crippen LogP contribution >= 0.6 is 0 Å². The SMILES string of the molecule is C#Cc1cc(OCC(CC)CCCC)c(/C=C/c2cc(OCCC(C)CCCC(C)C)c(/C=C/c3cc(OCC(CC)CCCC)c(C#C)cc3OCC(CC)CCCC)cc2OC)cc1OCC(CC)CCCC. The Kier molecular flexibility index (Phi) is 32.4. The summed E-state index contributed by atoms with van der Waals surface area (Å²) in [5.74, 6) is 13.3. The summed E-state index contributed by atoms with van der Waals surface area (Å²) in [6.45, 7) is 28.0. The predicted molar refractivity (Wildman–Crippen MR) is 323 cm³/mol. The van der Waals surface area contributed by atoms with Gasteiger partial charge >= 0.3 is 0 Å². The van der Waals surface area contributed by atoms with Crippen LogP contribution < -0.4 is 28.4 Å². The lowest BCUT2D eigenvalue weighted by Gasteiger charge is -2.20. The Hall–Kier alpha value is -4.94. The van der Waals surface area contributed by atoms with Crippen LogP contribution in [0.15, 0.2) is 36.4 Å². The van der Waals surface area contributed by atoms with Crippen LogP contribution in [-0.2, 0) is 0 Å². The maximum absolute atomic E-state index is 6.83. The van der Waals surface area contributed by atoms with Crippen LogP contribution in [0, 0.1) is 60.2 Å². The number of terminal acetylenes is 2.